The molecular formula is C19H21FN6O2. The Labute approximate surface area is 162 Å². The lowest BCUT2D eigenvalue weighted by molar-refractivity contribution is 0.128. The molecule has 2 aromatic rings. The SMILES string of the molecule is C[C@H]1CN(c2cnc(C#N)cn2)CCN1[C@@H](C)c1nc2c(cc1F)OCCO2. The van der Waals surface area contributed by atoms with E-state index in [1.807, 2.05) is 13.0 Å². The summed E-state index contributed by atoms with van der Waals surface area (Å²) in [5.74, 6) is 1.07. The Morgan fingerprint density at radius 1 is 1.25 bits per heavy atom. The molecular weight excluding hydrogens is 363 g/mol. The summed E-state index contributed by atoms with van der Waals surface area (Å²) >= 11 is 0. The molecule has 146 valence electrons. The van der Waals surface area contributed by atoms with Gasteiger partial charge in [-0.25, -0.2) is 19.3 Å². The standard InChI is InChI=1S/C19H21FN6O2/c1-12-11-25(17-10-22-14(8-21)9-23-17)3-4-26(12)13(2)18-15(20)7-16-19(24-18)28-6-5-27-16/h7,9-10,12-13H,3-6,11H2,1-2H3/t12-,13-/m0/s1. The van der Waals surface area contributed by atoms with E-state index in [1.54, 1.807) is 6.20 Å². The Morgan fingerprint density at radius 3 is 2.79 bits per heavy atom. The van der Waals surface area contributed by atoms with Gasteiger partial charge in [0.1, 0.15) is 30.9 Å². The molecule has 4 heterocycles. The van der Waals surface area contributed by atoms with E-state index in [9.17, 15) is 4.39 Å². The van der Waals surface area contributed by atoms with Crippen LogP contribution < -0.4 is 14.4 Å². The van der Waals surface area contributed by atoms with Gasteiger partial charge in [-0.3, -0.25) is 4.90 Å². The first-order chi connectivity index (χ1) is 13.6. The minimum Gasteiger partial charge on any atom is -0.484 e. The van der Waals surface area contributed by atoms with Gasteiger partial charge in [0.05, 0.1) is 24.1 Å². The summed E-state index contributed by atoms with van der Waals surface area (Å²) in [4.78, 5) is 17.1. The first-order valence-electron chi connectivity index (χ1n) is 9.25. The van der Waals surface area contributed by atoms with E-state index in [0.717, 1.165) is 25.5 Å². The number of fused-ring (bicyclic) bond motifs is 1. The fourth-order valence-corrected chi connectivity index (χ4v) is 3.71. The van der Waals surface area contributed by atoms with Gasteiger partial charge in [0.25, 0.3) is 5.88 Å². The van der Waals surface area contributed by atoms with Gasteiger partial charge in [-0.05, 0) is 13.8 Å². The van der Waals surface area contributed by atoms with Crippen LogP contribution in [0, 0.1) is 17.1 Å². The van der Waals surface area contributed by atoms with Crippen molar-refractivity contribution < 1.29 is 13.9 Å². The molecule has 2 aromatic heterocycles. The fourth-order valence-electron chi connectivity index (χ4n) is 3.71. The first-order valence-corrected chi connectivity index (χ1v) is 9.25. The van der Waals surface area contributed by atoms with Crippen LogP contribution in [0.3, 0.4) is 0 Å². The predicted molar refractivity (Wildman–Crippen MR) is 98.7 cm³/mol. The molecule has 2 aliphatic heterocycles. The third kappa shape index (κ3) is 3.43. The molecule has 8 nitrogen and oxygen atoms in total. The Balaban J connectivity index is 1.49. The lowest BCUT2D eigenvalue weighted by Crippen LogP contribution is -2.53. The van der Waals surface area contributed by atoms with Crippen molar-refractivity contribution in [2.24, 2.45) is 0 Å². The fraction of sp³-hybridized carbons (Fsp3) is 0.474. The van der Waals surface area contributed by atoms with E-state index in [4.69, 9.17) is 14.7 Å². The van der Waals surface area contributed by atoms with Crippen LogP contribution in [0.4, 0.5) is 10.2 Å². The van der Waals surface area contributed by atoms with Gasteiger partial charge in [-0.2, -0.15) is 5.26 Å². The van der Waals surface area contributed by atoms with E-state index in [-0.39, 0.29) is 17.9 Å². The molecule has 2 atom stereocenters. The van der Waals surface area contributed by atoms with E-state index >= 15 is 0 Å². The maximum absolute atomic E-state index is 14.6. The van der Waals surface area contributed by atoms with Crippen molar-refractivity contribution in [2.75, 3.05) is 37.7 Å². The molecule has 0 aromatic carbocycles. The van der Waals surface area contributed by atoms with Gasteiger partial charge in [0.2, 0.25) is 0 Å². The van der Waals surface area contributed by atoms with Crippen molar-refractivity contribution in [3.05, 3.63) is 35.7 Å². The molecule has 4 rings (SSSR count). The molecule has 2 aliphatic rings. The van der Waals surface area contributed by atoms with Crippen LogP contribution in [0.2, 0.25) is 0 Å². The first kappa shape index (κ1) is 18.4. The lowest BCUT2D eigenvalue weighted by atomic mass is 10.1. The van der Waals surface area contributed by atoms with Crippen LogP contribution in [0.15, 0.2) is 18.5 Å². The van der Waals surface area contributed by atoms with Gasteiger partial charge < -0.3 is 14.4 Å². The van der Waals surface area contributed by atoms with Crippen LogP contribution in [0.25, 0.3) is 0 Å². The molecule has 0 aliphatic carbocycles. The lowest BCUT2D eigenvalue weighted by Gasteiger charge is -2.43. The summed E-state index contributed by atoms with van der Waals surface area (Å²) in [5, 5.41) is 8.86. The molecule has 0 saturated carbocycles. The number of nitriles is 1. The van der Waals surface area contributed by atoms with Gasteiger partial charge in [-0.15, -0.1) is 0 Å². The summed E-state index contributed by atoms with van der Waals surface area (Å²) in [6.45, 7) is 7.03. The Bertz CT molecular complexity index is 901. The molecule has 0 bridgehead atoms. The van der Waals surface area contributed by atoms with Crippen LogP contribution in [0.5, 0.6) is 11.6 Å². The number of hydrogen-bond acceptors (Lipinski definition) is 8. The zero-order chi connectivity index (χ0) is 19.7. The maximum Gasteiger partial charge on any atom is 0.257 e. The third-order valence-corrected chi connectivity index (χ3v) is 5.16. The van der Waals surface area contributed by atoms with Gasteiger partial charge in [0.15, 0.2) is 11.4 Å². The summed E-state index contributed by atoms with van der Waals surface area (Å²) < 4.78 is 25.6. The molecule has 0 radical (unpaired) electrons. The number of rotatable bonds is 3. The van der Waals surface area contributed by atoms with Crippen molar-refractivity contribution in [3.63, 3.8) is 0 Å². The highest BCUT2D eigenvalue weighted by Gasteiger charge is 2.31. The summed E-state index contributed by atoms with van der Waals surface area (Å²) in [5.41, 5.74) is 0.659. The summed E-state index contributed by atoms with van der Waals surface area (Å²) in [7, 11) is 0. The van der Waals surface area contributed by atoms with Crippen LogP contribution >= 0.6 is 0 Å². The van der Waals surface area contributed by atoms with Crippen molar-refractivity contribution in [2.45, 2.75) is 25.9 Å². The second kappa shape index (κ2) is 7.56. The Morgan fingerprint density at radius 2 is 2.07 bits per heavy atom. The molecule has 0 N–H and O–H groups in total. The number of piperazine rings is 1. The number of halogens is 1. The van der Waals surface area contributed by atoms with E-state index in [1.165, 1.54) is 12.3 Å². The summed E-state index contributed by atoms with van der Waals surface area (Å²) in [6.07, 6.45) is 3.09. The van der Waals surface area contributed by atoms with Crippen LogP contribution in [-0.2, 0) is 0 Å². The van der Waals surface area contributed by atoms with Gasteiger partial charge in [-0.1, -0.05) is 0 Å². The number of aromatic nitrogens is 3. The number of nitrogens with zero attached hydrogens (tertiary/aromatic N) is 6. The number of ether oxygens (including phenoxy) is 2. The molecule has 9 heteroatoms. The molecule has 1 saturated heterocycles. The van der Waals surface area contributed by atoms with Crippen molar-refractivity contribution in [1.29, 1.82) is 5.26 Å². The van der Waals surface area contributed by atoms with Crippen molar-refractivity contribution in [3.8, 4) is 17.7 Å². The largest absolute Gasteiger partial charge is 0.484 e. The van der Waals surface area contributed by atoms with Crippen LogP contribution in [-0.4, -0.2) is 58.7 Å². The highest BCUT2D eigenvalue weighted by Crippen LogP contribution is 2.34. The highest BCUT2D eigenvalue weighted by atomic mass is 19.1. The average Bonchev–Trinajstić information content (AvgIpc) is 2.72. The number of anilines is 1. The number of hydrogen-bond donors (Lipinski definition) is 0. The molecule has 1 fully saturated rings. The topological polar surface area (TPSA) is 87.4 Å². The van der Waals surface area contributed by atoms with E-state index in [2.05, 4.69) is 31.7 Å². The van der Waals surface area contributed by atoms with E-state index < -0.39 is 0 Å². The maximum atomic E-state index is 14.6. The number of pyridine rings is 1. The second-order valence-corrected chi connectivity index (χ2v) is 6.94. The monoisotopic (exact) mass is 384 g/mol. The highest BCUT2D eigenvalue weighted by molar-refractivity contribution is 5.39. The minimum atomic E-state index is -0.385. The molecule has 0 spiro atoms. The summed E-state index contributed by atoms with van der Waals surface area (Å²) in [6, 6.07) is 3.27. The Hall–Kier alpha value is -2.99. The van der Waals surface area contributed by atoms with E-state index in [0.29, 0.717) is 36.2 Å². The Kier molecular flexibility index (Phi) is 4.96. The molecule has 0 amide bonds. The van der Waals surface area contributed by atoms with Crippen LogP contribution in [0.1, 0.15) is 31.3 Å². The zero-order valence-electron chi connectivity index (χ0n) is 15.8. The minimum absolute atomic E-state index is 0.149. The smallest absolute Gasteiger partial charge is 0.257 e. The van der Waals surface area contributed by atoms with Gasteiger partial charge in [0, 0.05) is 31.7 Å². The predicted octanol–water partition coefficient (Wildman–Crippen LogP) is 1.93. The molecule has 28 heavy (non-hydrogen) atoms. The quantitative estimate of drug-likeness (QED) is 0.793. The average molecular weight is 384 g/mol. The van der Waals surface area contributed by atoms with Crippen molar-refractivity contribution >= 4 is 5.82 Å². The molecule has 0 unspecified atom stereocenters. The van der Waals surface area contributed by atoms with Gasteiger partial charge >= 0.3 is 0 Å². The second-order valence-electron chi connectivity index (χ2n) is 6.94. The van der Waals surface area contributed by atoms with Crippen molar-refractivity contribution in [1.82, 2.24) is 19.9 Å². The third-order valence-electron chi connectivity index (χ3n) is 5.16. The normalized spacial score (nSPS) is 20.5. The zero-order valence-corrected chi connectivity index (χ0v) is 15.8.